The molecule has 6 rings (SSSR count). The molecule has 176 valence electrons. The summed E-state index contributed by atoms with van der Waals surface area (Å²) in [7, 11) is 0. The number of benzene rings is 1. The average Bonchev–Trinajstić information content (AvgIpc) is 3.66. The minimum atomic E-state index is -0.250. The van der Waals surface area contributed by atoms with E-state index in [1.165, 1.54) is 23.8 Å². The van der Waals surface area contributed by atoms with E-state index < -0.39 is 0 Å². The van der Waals surface area contributed by atoms with Crippen molar-refractivity contribution in [3.05, 3.63) is 60.7 Å². The second-order valence-corrected chi connectivity index (χ2v) is 9.53. The number of hydrogen-bond acceptors (Lipinski definition) is 7. The molecule has 0 spiro atoms. The molecule has 2 aliphatic rings. The summed E-state index contributed by atoms with van der Waals surface area (Å²) < 4.78 is 8.28. The van der Waals surface area contributed by atoms with Crippen molar-refractivity contribution in [2.45, 2.75) is 25.3 Å². The van der Waals surface area contributed by atoms with Gasteiger partial charge in [0, 0.05) is 43.0 Å². The quantitative estimate of drug-likeness (QED) is 0.429. The van der Waals surface area contributed by atoms with Gasteiger partial charge in [0.25, 0.3) is 6.47 Å². The van der Waals surface area contributed by atoms with Crippen LogP contribution in [0.4, 0.5) is 5.13 Å². The zero-order chi connectivity index (χ0) is 23.3. The predicted molar refractivity (Wildman–Crippen MR) is 132 cm³/mol. The van der Waals surface area contributed by atoms with Crippen LogP contribution in [0.3, 0.4) is 0 Å². The Morgan fingerprint density at radius 3 is 2.76 bits per heavy atom. The smallest absolute Gasteiger partial charge is 0.290 e. The zero-order valence-electron chi connectivity index (χ0n) is 18.8. The summed E-state index contributed by atoms with van der Waals surface area (Å²) in [4.78, 5) is 25.8. The lowest BCUT2D eigenvalue weighted by Gasteiger charge is -2.21. The number of pyridine rings is 1. The van der Waals surface area contributed by atoms with Crippen molar-refractivity contribution in [2.75, 3.05) is 31.2 Å². The van der Waals surface area contributed by atoms with Crippen molar-refractivity contribution < 1.29 is 14.6 Å². The number of hydrogen-bond donors (Lipinski definition) is 1. The molecule has 0 unspecified atom stereocenters. The molecule has 2 aliphatic heterocycles. The van der Waals surface area contributed by atoms with Gasteiger partial charge in [0.1, 0.15) is 0 Å². The molecule has 0 amide bonds. The second kappa shape index (κ2) is 10.3. The Morgan fingerprint density at radius 2 is 1.91 bits per heavy atom. The van der Waals surface area contributed by atoms with E-state index in [4.69, 9.17) is 24.6 Å². The van der Waals surface area contributed by atoms with Gasteiger partial charge in [-0.15, -0.1) is 0 Å². The standard InChI is InChI=1S/C24H25N5OS.CH2O2/c1-2-6-20-19(5-1)17(7-8-25-20)13-18-15-30-16-21(18)29-12-9-26-23(29)22-14-27-24(31-22)28-10-3-4-11-28;2-1-3/h1-2,5-9,12,14,18,21H,3-4,10-11,13,15-16H2;1H,(H,2,3)/t18-,21-;/m1./s1. The summed E-state index contributed by atoms with van der Waals surface area (Å²) in [6.45, 7) is 3.45. The summed E-state index contributed by atoms with van der Waals surface area (Å²) in [6.07, 6.45) is 11.4. The Bertz CT molecular complexity index is 1240. The number of carbonyl (C=O) groups is 1. The van der Waals surface area contributed by atoms with E-state index in [9.17, 15) is 0 Å². The average molecular weight is 478 g/mol. The van der Waals surface area contributed by atoms with Crippen molar-refractivity contribution >= 4 is 33.8 Å². The fourth-order valence-electron chi connectivity index (χ4n) is 4.90. The number of nitrogens with zero attached hydrogens (tertiary/aromatic N) is 5. The number of thiazole rings is 1. The lowest BCUT2D eigenvalue weighted by Crippen LogP contribution is -2.20. The van der Waals surface area contributed by atoms with Gasteiger partial charge in [0.15, 0.2) is 11.0 Å². The summed E-state index contributed by atoms with van der Waals surface area (Å²) in [5, 5.41) is 9.24. The minimum Gasteiger partial charge on any atom is -0.483 e. The minimum absolute atomic E-state index is 0.250. The van der Waals surface area contributed by atoms with Crippen LogP contribution in [0.1, 0.15) is 24.4 Å². The van der Waals surface area contributed by atoms with Gasteiger partial charge in [-0.2, -0.15) is 0 Å². The van der Waals surface area contributed by atoms with E-state index in [0.717, 1.165) is 54.1 Å². The third-order valence-electron chi connectivity index (χ3n) is 6.50. The molecule has 5 heterocycles. The lowest BCUT2D eigenvalue weighted by atomic mass is 9.93. The van der Waals surface area contributed by atoms with Crippen LogP contribution in [0.2, 0.25) is 0 Å². The van der Waals surface area contributed by atoms with E-state index in [2.05, 4.69) is 44.9 Å². The first-order valence-electron chi connectivity index (χ1n) is 11.5. The van der Waals surface area contributed by atoms with Crippen molar-refractivity contribution in [3.8, 4) is 10.7 Å². The number of rotatable bonds is 5. The van der Waals surface area contributed by atoms with Gasteiger partial charge in [-0.25, -0.2) is 9.97 Å². The lowest BCUT2D eigenvalue weighted by molar-refractivity contribution is -0.122. The highest BCUT2D eigenvalue weighted by molar-refractivity contribution is 7.18. The highest BCUT2D eigenvalue weighted by Crippen LogP contribution is 2.37. The molecule has 0 bridgehead atoms. The summed E-state index contributed by atoms with van der Waals surface area (Å²) >= 11 is 1.75. The van der Waals surface area contributed by atoms with E-state index in [-0.39, 0.29) is 12.5 Å². The summed E-state index contributed by atoms with van der Waals surface area (Å²) in [5.41, 5.74) is 2.39. The molecule has 1 aromatic carbocycles. The number of imidazole rings is 1. The molecule has 1 N–H and O–H groups in total. The molecule has 2 saturated heterocycles. The van der Waals surface area contributed by atoms with Crippen LogP contribution < -0.4 is 4.90 Å². The molecule has 0 aliphatic carbocycles. The van der Waals surface area contributed by atoms with Crippen LogP contribution in [-0.4, -0.2) is 57.4 Å². The van der Waals surface area contributed by atoms with Crippen LogP contribution in [0, 0.1) is 5.92 Å². The van der Waals surface area contributed by atoms with Gasteiger partial charge in [0.05, 0.1) is 35.8 Å². The monoisotopic (exact) mass is 477 g/mol. The van der Waals surface area contributed by atoms with Gasteiger partial charge in [-0.05, 0) is 37.0 Å². The maximum Gasteiger partial charge on any atom is 0.290 e. The SMILES string of the molecule is O=CO.c1ccc2c(C[C@@H]3COC[C@H]3n3ccnc3-c3cnc(N4CCCC4)s3)ccnc2c1. The fourth-order valence-corrected chi connectivity index (χ4v) is 5.87. The molecule has 2 atom stereocenters. The van der Waals surface area contributed by atoms with Crippen LogP contribution in [0.5, 0.6) is 0 Å². The number of anilines is 1. The molecule has 0 saturated carbocycles. The molecule has 34 heavy (non-hydrogen) atoms. The molecule has 8 nitrogen and oxygen atoms in total. The Balaban J connectivity index is 0.000000764. The van der Waals surface area contributed by atoms with E-state index in [0.29, 0.717) is 5.92 Å². The van der Waals surface area contributed by atoms with E-state index in [1.807, 2.05) is 24.7 Å². The molecular weight excluding hydrogens is 450 g/mol. The van der Waals surface area contributed by atoms with E-state index >= 15 is 0 Å². The molecule has 9 heteroatoms. The summed E-state index contributed by atoms with van der Waals surface area (Å²) in [6, 6.07) is 10.8. The van der Waals surface area contributed by atoms with Crippen LogP contribution >= 0.6 is 11.3 Å². The highest BCUT2D eigenvalue weighted by atomic mass is 32.1. The molecule has 3 aromatic heterocycles. The maximum atomic E-state index is 8.36. The third kappa shape index (κ3) is 4.53. The van der Waals surface area contributed by atoms with Gasteiger partial charge in [-0.1, -0.05) is 29.5 Å². The first-order valence-corrected chi connectivity index (χ1v) is 12.3. The predicted octanol–water partition coefficient (Wildman–Crippen LogP) is 4.29. The molecule has 0 radical (unpaired) electrons. The first kappa shape index (κ1) is 22.5. The Kier molecular flexibility index (Phi) is 6.82. The largest absolute Gasteiger partial charge is 0.483 e. The van der Waals surface area contributed by atoms with Crippen molar-refractivity contribution in [3.63, 3.8) is 0 Å². The zero-order valence-corrected chi connectivity index (χ0v) is 19.6. The Hall–Kier alpha value is -3.30. The van der Waals surface area contributed by atoms with Crippen molar-refractivity contribution in [1.82, 2.24) is 19.5 Å². The molecular formula is C25H27N5O3S. The van der Waals surface area contributed by atoms with E-state index in [1.54, 1.807) is 11.3 Å². The Labute approximate surface area is 201 Å². The molecule has 2 fully saturated rings. The number of ether oxygens (including phenoxy) is 1. The summed E-state index contributed by atoms with van der Waals surface area (Å²) in [5.74, 6) is 1.40. The maximum absolute atomic E-state index is 8.36. The normalized spacial score (nSPS) is 19.8. The van der Waals surface area contributed by atoms with Gasteiger partial charge in [0.2, 0.25) is 0 Å². The van der Waals surface area contributed by atoms with Crippen LogP contribution in [0.25, 0.3) is 21.6 Å². The van der Waals surface area contributed by atoms with Crippen LogP contribution in [-0.2, 0) is 16.0 Å². The first-order chi connectivity index (χ1) is 16.8. The number of para-hydroxylation sites is 1. The fraction of sp³-hybridized carbons (Fsp3) is 0.360. The number of carboxylic acid groups (broad SMARTS) is 1. The molecule has 4 aromatic rings. The third-order valence-corrected chi connectivity index (χ3v) is 7.56. The number of fused-ring (bicyclic) bond motifs is 1. The number of aromatic nitrogens is 4. The van der Waals surface area contributed by atoms with Gasteiger partial charge < -0.3 is 19.3 Å². The van der Waals surface area contributed by atoms with Crippen molar-refractivity contribution in [1.29, 1.82) is 0 Å². The Morgan fingerprint density at radius 1 is 1.09 bits per heavy atom. The van der Waals surface area contributed by atoms with Gasteiger partial charge >= 0.3 is 0 Å². The van der Waals surface area contributed by atoms with Gasteiger partial charge in [-0.3, -0.25) is 9.78 Å². The second-order valence-electron chi connectivity index (χ2n) is 8.52. The van der Waals surface area contributed by atoms with Crippen molar-refractivity contribution in [2.24, 2.45) is 5.92 Å². The topological polar surface area (TPSA) is 93.4 Å². The van der Waals surface area contributed by atoms with Crippen LogP contribution in [0.15, 0.2) is 55.1 Å². The highest BCUT2D eigenvalue weighted by Gasteiger charge is 2.32.